The maximum atomic E-state index is 10.2. The number of thiazole rings is 1. The minimum absolute atomic E-state index is 0.317. The van der Waals surface area contributed by atoms with Crippen molar-refractivity contribution in [1.29, 1.82) is 0 Å². The SMILES string of the molecule is C=Nc1nc(N)sc1C=O. The van der Waals surface area contributed by atoms with Crippen LogP contribution in [0.4, 0.5) is 10.9 Å². The molecule has 1 aromatic heterocycles. The lowest BCUT2D eigenvalue weighted by molar-refractivity contribution is 0.112. The molecular formula is C5H5N3OS. The zero-order chi connectivity index (χ0) is 7.56. The first-order valence-corrected chi connectivity index (χ1v) is 3.27. The Morgan fingerprint density at radius 1 is 1.80 bits per heavy atom. The minimum Gasteiger partial charge on any atom is -0.375 e. The lowest BCUT2D eigenvalue weighted by atomic mass is 10.5. The molecule has 0 spiro atoms. The first-order chi connectivity index (χ1) is 4.77. The molecule has 0 saturated carbocycles. The number of hydrogen-bond acceptors (Lipinski definition) is 5. The lowest BCUT2D eigenvalue weighted by Gasteiger charge is -1.79. The van der Waals surface area contributed by atoms with E-state index in [1.165, 1.54) is 0 Å². The number of aldehydes is 1. The molecule has 2 N–H and O–H groups in total. The molecule has 52 valence electrons. The number of aliphatic imine (C=N–C) groups is 1. The number of carbonyl (C=O) groups is 1. The van der Waals surface area contributed by atoms with Gasteiger partial charge in [0, 0.05) is 0 Å². The molecule has 1 aromatic rings. The third kappa shape index (κ3) is 1.03. The number of aromatic nitrogens is 1. The number of rotatable bonds is 2. The molecule has 0 unspecified atom stereocenters. The number of nitrogen functional groups attached to an aromatic ring is 1. The van der Waals surface area contributed by atoms with Crippen LogP contribution in [0.3, 0.4) is 0 Å². The zero-order valence-corrected chi connectivity index (χ0v) is 5.89. The fraction of sp³-hybridized carbons (Fsp3) is 0. The van der Waals surface area contributed by atoms with E-state index >= 15 is 0 Å². The normalized spacial score (nSPS) is 9.20. The summed E-state index contributed by atoms with van der Waals surface area (Å²) in [6, 6.07) is 0. The second-order valence-electron chi connectivity index (χ2n) is 1.52. The second kappa shape index (κ2) is 2.57. The van der Waals surface area contributed by atoms with Gasteiger partial charge in [0.25, 0.3) is 0 Å². The Morgan fingerprint density at radius 3 is 2.90 bits per heavy atom. The van der Waals surface area contributed by atoms with Gasteiger partial charge in [0.15, 0.2) is 17.2 Å². The van der Waals surface area contributed by atoms with Gasteiger partial charge in [0.2, 0.25) is 0 Å². The summed E-state index contributed by atoms with van der Waals surface area (Å²) in [5, 5.41) is 0.338. The largest absolute Gasteiger partial charge is 0.375 e. The molecule has 1 rings (SSSR count). The molecule has 0 aromatic carbocycles. The van der Waals surface area contributed by atoms with Crippen LogP contribution in [-0.2, 0) is 0 Å². The fourth-order valence-corrected chi connectivity index (χ4v) is 1.14. The molecule has 0 atom stereocenters. The van der Waals surface area contributed by atoms with Gasteiger partial charge in [-0.15, -0.1) is 0 Å². The first-order valence-electron chi connectivity index (χ1n) is 2.46. The molecule has 5 heteroatoms. The molecule has 0 saturated heterocycles. The van der Waals surface area contributed by atoms with Gasteiger partial charge in [-0.05, 0) is 6.72 Å². The van der Waals surface area contributed by atoms with Crippen molar-refractivity contribution in [3.05, 3.63) is 4.88 Å². The smallest absolute Gasteiger partial charge is 0.182 e. The number of nitrogens with two attached hydrogens (primary N) is 1. The molecule has 1 heterocycles. The highest BCUT2D eigenvalue weighted by Gasteiger charge is 2.04. The summed E-state index contributed by atoms with van der Waals surface area (Å²) in [5.41, 5.74) is 5.29. The fourth-order valence-electron chi connectivity index (χ4n) is 0.531. The molecule has 0 fully saturated rings. The average Bonchev–Trinajstić information content (AvgIpc) is 2.30. The molecule has 0 aliphatic carbocycles. The maximum Gasteiger partial charge on any atom is 0.182 e. The van der Waals surface area contributed by atoms with Crippen molar-refractivity contribution in [2.75, 3.05) is 5.73 Å². The van der Waals surface area contributed by atoms with E-state index in [2.05, 4.69) is 16.7 Å². The Labute approximate surface area is 61.4 Å². The van der Waals surface area contributed by atoms with Crippen LogP contribution in [0.1, 0.15) is 9.67 Å². The predicted molar refractivity (Wildman–Crippen MR) is 41.1 cm³/mol. The Kier molecular flexibility index (Phi) is 1.77. The van der Waals surface area contributed by atoms with E-state index in [0.717, 1.165) is 11.3 Å². The molecular weight excluding hydrogens is 150 g/mol. The van der Waals surface area contributed by atoms with Crippen molar-refractivity contribution in [1.82, 2.24) is 4.98 Å². The number of carbonyl (C=O) groups excluding carboxylic acids is 1. The van der Waals surface area contributed by atoms with E-state index in [1.54, 1.807) is 0 Å². The van der Waals surface area contributed by atoms with Gasteiger partial charge >= 0.3 is 0 Å². The van der Waals surface area contributed by atoms with Crippen LogP contribution in [-0.4, -0.2) is 18.0 Å². The van der Waals surface area contributed by atoms with Gasteiger partial charge in [0.05, 0.1) is 0 Å². The van der Waals surface area contributed by atoms with Crippen LogP contribution in [0.2, 0.25) is 0 Å². The Bertz CT molecular complexity index is 242. The Hall–Kier alpha value is -1.23. The monoisotopic (exact) mass is 155 g/mol. The summed E-state index contributed by atoms with van der Waals surface area (Å²) in [5.74, 6) is 0.317. The van der Waals surface area contributed by atoms with Crippen LogP contribution in [0, 0.1) is 0 Å². The van der Waals surface area contributed by atoms with Crippen molar-refractivity contribution in [2.45, 2.75) is 0 Å². The molecule has 0 radical (unpaired) electrons. The number of anilines is 1. The summed E-state index contributed by atoms with van der Waals surface area (Å²) in [6.07, 6.45) is 0.665. The van der Waals surface area contributed by atoms with Crippen LogP contribution < -0.4 is 5.73 Å². The topological polar surface area (TPSA) is 68.3 Å². The molecule has 0 aliphatic rings. The third-order valence-electron chi connectivity index (χ3n) is 0.908. The first kappa shape index (κ1) is 6.88. The standard InChI is InChI=1S/C5H5N3OS/c1-7-4-3(2-9)10-5(6)8-4/h2H,1H2,(H2,6,8). The van der Waals surface area contributed by atoms with Crippen LogP contribution in [0.15, 0.2) is 4.99 Å². The van der Waals surface area contributed by atoms with E-state index in [1.807, 2.05) is 0 Å². The second-order valence-corrected chi connectivity index (χ2v) is 2.58. The highest BCUT2D eigenvalue weighted by atomic mass is 32.1. The maximum absolute atomic E-state index is 10.2. The highest BCUT2D eigenvalue weighted by molar-refractivity contribution is 7.17. The number of hydrogen-bond donors (Lipinski definition) is 1. The van der Waals surface area contributed by atoms with E-state index < -0.39 is 0 Å². The summed E-state index contributed by atoms with van der Waals surface area (Å²) in [6.45, 7) is 3.23. The van der Waals surface area contributed by atoms with Gasteiger partial charge in [-0.25, -0.2) is 9.98 Å². The average molecular weight is 155 g/mol. The molecule has 0 bridgehead atoms. The van der Waals surface area contributed by atoms with Gasteiger partial charge in [-0.2, -0.15) is 0 Å². The summed E-state index contributed by atoms with van der Waals surface area (Å²) in [4.78, 5) is 17.9. The summed E-state index contributed by atoms with van der Waals surface area (Å²) < 4.78 is 0. The molecule has 0 aliphatic heterocycles. The van der Waals surface area contributed by atoms with Gasteiger partial charge in [-0.3, -0.25) is 4.79 Å². The van der Waals surface area contributed by atoms with E-state index in [0.29, 0.717) is 22.1 Å². The van der Waals surface area contributed by atoms with Crippen molar-refractivity contribution in [3.8, 4) is 0 Å². The molecule has 4 nitrogen and oxygen atoms in total. The van der Waals surface area contributed by atoms with Crippen LogP contribution in [0.25, 0.3) is 0 Å². The Balaban J connectivity index is 3.20. The van der Waals surface area contributed by atoms with Gasteiger partial charge in [0.1, 0.15) is 4.88 Å². The Morgan fingerprint density at radius 2 is 2.50 bits per heavy atom. The van der Waals surface area contributed by atoms with Gasteiger partial charge < -0.3 is 5.73 Å². The minimum atomic E-state index is 0.317. The van der Waals surface area contributed by atoms with E-state index in [-0.39, 0.29) is 0 Å². The zero-order valence-electron chi connectivity index (χ0n) is 5.07. The molecule has 10 heavy (non-hydrogen) atoms. The van der Waals surface area contributed by atoms with Crippen molar-refractivity contribution in [2.24, 2.45) is 4.99 Å². The van der Waals surface area contributed by atoms with Crippen molar-refractivity contribution in [3.63, 3.8) is 0 Å². The summed E-state index contributed by atoms with van der Waals surface area (Å²) >= 11 is 1.10. The van der Waals surface area contributed by atoms with Crippen LogP contribution >= 0.6 is 11.3 Å². The third-order valence-corrected chi connectivity index (χ3v) is 1.71. The quantitative estimate of drug-likeness (QED) is 0.509. The molecule has 0 amide bonds. The van der Waals surface area contributed by atoms with Gasteiger partial charge in [-0.1, -0.05) is 11.3 Å². The lowest BCUT2D eigenvalue weighted by Crippen LogP contribution is -1.78. The van der Waals surface area contributed by atoms with Crippen LogP contribution in [0.5, 0.6) is 0 Å². The van der Waals surface area contributed by atoms with Crippen molar-refractivity contribution >= 4 is 35.3 Å². The van der Waals surface area contributed by atoms with E-state index in [9.17, 15) is 4.79 Å². The summed E-state index contributed by atoms with van der Waals surface area (Å²) in [7, 11) is 0. The van der Waals surface area contributed by atoms with E-state index in [4.69, 9.17) is 5.73 Å². The highest BCUT2D eigenvalue weighted by Crippen LogP contribution is 2.24. The number of nitrogens with zero attached hydrogens (tertiary/aromatic N) is 2. The van der Waals surface area contributed by atoms with Crippen molar-refractivity contribution < 1.29 is 4.79 Å². The predicted octanol–water partition coefficient (Wildman–Crippen LogP) is 0.870.